The van der Waals surface area contributed by atoms with Crippen molar-refractivity contribution >= 4 is 0 Å². The summed E-state index contributed by atoms with van der Waals surface area (Å²) in [6, 6.07) is 4.21. The smallest absolute Gasteiger partial charge is 0.231 e. The lowest BCUT2D eigenvalue weighted by Crippen LogP contribution is -2.04. The normalized spacial score (nSPS) is 16.2. The molecule has 1 aromatic rings. The largest absolute Gasteiger partial charge is 0.493 e. The Kier molecular flexibility index (Phi) is 4.56. The zero-order valence-electron chi connectivity index (χ0n) is 12.4. The molecule has 0 spiro atoms. The summed E-state index contributed by atoms with van der Waals surface area (Å²) in [6.07, 6.45) is 3.56. The SMILES string of the molecule is CCC(C)CC(CC)c1cc(OC)c2c(c1)OCO2. The average molecular weight is 264 g/mol. The molecule has 0 bridgehead atoms. The first-order valence-corrected chi connectivity index (χ1v) is 7.17. The van der Waals surface area contributed by atoms with Crippen molar-refractivity contribution in [2.45, 2.75) is 46.0 Å². The molecule has 19 heavy (non-hydrogen) atoms. The fourth-order valence-corrected chi connectivity index (χ4v) is 2.58. The van der Waals surface area contributed by atoms with E-state index in [1.807, 2.05) is 0 Å². The summed E-state index contributed by atoms with van der Waals surface area (Å²) >= 11 is 0. The fraction of sp³-hybridized carbons (Fsp3) is 0.625. The Bertz CT molecular complexity index is 428. The van der Waals surface area contributed by atoms with Gasteiger partial charge in [0.15, 0.2) is 11.5 Å². The fourth-order valence-electron chi connectivity index (χ4n) is 2.58. The molecule has 0 fully saturated rings. The molecule has 0 aromatic heterocycles. The minimum absolute atomic E-state index is 0.289. The monoisotopic (exact) mass is 264 g/mol. The van der Waals surface area contributed by atoms with Crippen molar-refractivity contribution in [3.05, 3.63) is 17.7 Å². The van der Waals surface area contributed by atoms with E-state index in [1.54, 1.807) is 7.11 Å². The molecule has 1 aliphatic rings. The first-order chi connectivity index (χ1) is 9.19. The summed E-state index contributed by atoms with van der Waals surface area (Å²) in [6.45, 7) is 7.09. The van der Waals surface area contributed by atoms with E-state index in [1.165, 1.54) is 18.4 Å². The molecule has 0 N–H and O–H groups in total. The van der Waals surface area contributed by atoms with Crippen LogP contribution in [0.25, 0.3) is 0 Å². The predicted molar refractivity (Wildman–Crippen MR) is 76.2 cm³/mol. The summed E-state index contributed by atoms with van der Waals surface area (Å²) in [5.41, 5.74) is 1.30. The van der Waals surface area contributed by atoms with Crippen LogP contribution in [-0.4, -0.2) is 13.9 Å². The second-order valence-electron chi connectivity index (χ2n) is 5.31. The van der Waals surface area contributed by atoms with Crippen LogP contribution in [0, 0.1) is 5.92 Å². The molecule has 2 rings (SSSR count). The number of benzene rings is 1. The molecule has 1 aliphatic heterocycles. The minimum atomic E-state index is 0.289. The molecule has 2 unspecified atom stereocenters. The minimum Gasteiger partial charge on any atom is -0.493 e. The molecule has 0 aliphatic carbocycles. The molecule has 106 valence electrons. The number of hydrogen-bond donors (Lipinski definition) is 0. The van der Waals surface area contributed by atoms with E-state index < -0.39 is 0 Å². The lowest BCUT2D eigenvalue weighted by molar-refractivity contribution is 0.171. The van der Waals surface area contributed by atoms with Crippen molar-refractivity contribution in [1.29, 1.82) is 0 Å². The van der Waals surface area contributed by atoms with E-state index in [0.29, 0.717) is 5.92 Å². The van der Waals surface area contributed by atoms with Crippen molar-refractivity contribution in [2.75, 3.05) is 13.9 Å². The summed E-state index contributed by atoms with van der Waals surface area (Å²) < 4.78 is 16.4. The second kappa shape index (κ2) is 6.18. The van der Waals surface area contributed by atoms with Gasteiger partial charge in [-0.05, 0) is 42.4 Å². The number of methoxy groups -OCH3 is 1. The molecule has 3 nitrogen and oxygen atoms in total. The zero-order valence-corrected chi connectivity index (χ0v) is 12.4. The van der Waals surface area contributed by atoms with Gasteiger partial charge in [0, 0.05) is 0 Å². The average Bonchev–Trinajstić information content (AvgIpc) is 2.91. The summed E-state index contributed by atoms with van der Waals surface area (Å²) in [5, 5.41) is 0. The molecule has 0 radical (unpaired) electrons. The predicted octanol–water partition coefficient (Wildman–Crippen LogP) is 4.35. The Morgan fingerprint density at radius 1 is 1.21 bits per heavy atom. The van der Waals surface area contributed by atoms with Crippen LogP contribution >= 0.6 is 0 Å². The van der Waals surface area contributed by atoms with Gasteiger partial charge in [-0.3, -0.25) is 0 Å². The van der Waals surface area contributed by atoms with Crippen LogP contribution in [0.1, 0.15) is 51.5 Å². The Labute approximate surface area is 115 Å². The standard InChI is InChI=1S/C16H24O3/c1-5-11(3)7-12(6-2)13-8-14(17-4)16-15(9-13)18-10-19-16/h8-9,11-12H,5-7,10H2,1-4H3. The zero-order chi connectivity index (χ0) is 13.8. The lowest BCUT2D eigenvalue weighted by atomic mass is 9.86. The van der Waals surface area contributed by atoms with E-state index in [-0.39, 0.29) is 6.79 Å². The maximum absolute atomic E-state index is 5.51. The van der Waals surface area contributed by atoms with Crippen LogP contribution in [0.15, 0.2) is 12.1 Å². The Morgan fingerprint density at radius 3 is 2.63 bits per heavy atom. The highest BCUT2D eigenvalue weighted by molar-refractivity contribution is 5.55. The summed E-state index contributed by atoms with van der Waals surface area (Å²) in [4.78, 5) is 0. The Hall–Kier alpha value is -1.38. The van der Waals surface area contributed by atoms with E-state index in [0.717, 1.165) is 29.6 Å². The summed E-state index contributed by atoms with van der Waals surface area (Å²) in [5.74, 6) is 3.63. The topological polar surface area (TPSA) is 27.7 Å². The second-order valence-corrected chi connectivity index (χ2v) is 5.31. The van der Waals surface area contributed by atoms with Gasteiger partial charge in [0.1, 0.15) is 0 Å². The van der Waals surface area contributed by atoms with Gasteiger partial charge in [0.2, 0.25) is 12.5 Å². The van der Waals surface area contributed by atoms with Gasteiger partial charge in [0.05, 0.1) is 7.11 Å². The number of fused-ring (bicyclic) bond motifs is 1. The van der Waals surface area contributed by atoms with Gasteiger partial charge in [-0.2, -0.15) is 0 Å². The quantitative estimate of drug-likeness (QED) is 0.764. The lowest BCUT2D eigenvalue weighted by Gasteiger charge is -2.20. The molecular formula is C16H24O3. The maximum Gasteiger partial charge on any atom is 0.231 e. The summed E-state index contributed by atoms with van der Waals surface area (Å²) in [7, 11) is 1.68. The Morgan fingerprint density at radius 2 is 2.00 bits per heavy atom. The highest BCUT2D eigenvalue weighted by Gasteiger charge is 2.23. The van der Waals surface area contributed by atoms with Crippen LogP contribution in [-0.2, 0) is 0 Å². The first kappa shape index (κ1) is 14.0. The maximum atomic E-state index is 5.51. The molecule has 0 saturated carbocycles. The van der Waals surface area contributed by atoms with E-state index >= 15 is 0 Å². The Balaban J connectivity index is 2.28. The van der Waals surface area contributed by atoms with Gasteiger partial charge in [-0.25, -0.2) is 0 Å². The number of hydrogen-bond acceptors (Lipinski definition) is 3. The number of ether oxygens (including phenoxy) is 3. The van der Waals surface area contributed by atoms with Gasteiger partial charge in [-0.15, -0.1) is 0 Å². The van der Waals surface area contributed by atoms with E-state index in [9.17, 15) is 0 Å². The van der Waals surface area contributed by atoms with Crippen LogP contribution in [0.2, 0.25) is 0 Å². The van der Waals surface area contributed by atoms with Gasteiger partial charge in [0.25, 0.3) is 0 Å². The van der Waals surface area contributed by atoms with Crippen molar-refractivity contribution in [3.63, 3.8) is 0 Å². The van der Waals surface area contributed by atoms with E-state index in [4.69, 9.17) is 14.2 Å². The van der Waals surface area contributed by atoms with E-state index in [2.05, 4.69) is 32.9 Å². The highest BCUT2D eigenvalue weighted by Crippen LogP contribution is 2.44. The third-order valence-electron chi connectivity index (χ3n) is 4.03. The van der Waals surface area contributed by atoms with Crippen LogP contribution in [0.5, 0.6) is 17.2 Å². The third-order valence-corrected chi connectivity index (χ3v) is 4.03. The van der Waals surface area contributed by atoms with Gasteiger partial charge >= 0.3 is 0 Å². The molecule has 3 heteroatoms. The van der Waals surface area contributed by atoms with Crippen molar-refractivity contribution in [3.8, 4) is 17.2 Å². The molecule has 1 aromatic carbocycles. The molecule has 1 heterocycles. The number of rotatable bonds is 6. The highest BCUT2D eigenvalue weighted by atomic mass is 16.7. The third kappa shape index (κ3) is 2.96. The van der Waals surface area contributed by atoms with Crippen LogP contribution in [0.4, 0.5) is 0 Å². The van der Waals surface area contributed by atoms with Crippen LogP contribution < -0.4 is 14.2 Å². The molecular weight excluding hydrogens is 240 g/mol. The van der Waals surface area contributed by atoms with Crippen LogP contribution in [0.3, 0.4) is 0 Å². The van der Waals surface area contributed by atoms with Gasteiger partial charge < -0.3 is 14.2 Å². The molecule has 0 saturated heterocycles. The molecule has 2 atom stereocenters. The first-order valence-electron chi connectivity index (χ1n) is 7.17. The molecule has 0 amide bonds. The van der Waals surface area contributed by atoms with Crippen molar-refractivity contribution in [1.82, 2.24) is 0 Å². The van der Waals surface area contributed by atoms with Crippen molar-refractivity contribution in [2.24, 2.45) is 5.92 Å². The van der Waals surface area contributed by atoms with Crippen molar-refractivity contribution < 1.29 is 14.2 Å². The van der Waals surface area contributed by atoms with Gasteiger partial charge in [-0.1, -0.05) is 27.2 Å².